The van der Waals surface area contributed by atoms with Crippen molar-refractivity contribution in [1.82, 2.24) is 10.2 Å². The molecule has 10 heteroatoms. The number of halogens is 2. The summed E-state index contributed by atoms with van der Waals surface area (Å²) >= 11 is 9.60. The van der Waals surface area contributed by atoms with E-state index in [0.29, 0.717) is 16.3 Å². The average Bonchev–Trinajstić information content (AvgIpc) is 2.90. The van der Waals surface area contributed by atoms with E-state index in [2.05, 4.69) is 21.2 Å². The molecule has 3 aromatic carbocycles. The van der Waals surface area contributed by atoms with E-state index in [-0.39, 0.29) is 23.4 Å². The molecule has 3 rings (SSSR count). The summed E-state index contributed by atoms with van der Waals surface area (Å²) in [5.74, 6) is -0.830. The van der Waals surface area contributed by atoms with Gasteiger partial charge in [0.05, 0.1) is 10.6 Å². The van der Waals surface area contributed by atoms with Gasteiger partial charge in [-0.2, -0.15) is 0 Å². The maximum Gasteiger partial charge on any atom is 0.264 e. The number of nitrogens with one attached hydrogen (secondary N) is 1. The van der Waals surface area contributed by atoms with Crippen molar-refractivity contribution in [3.8, 4) is 0 Å². The number of rotatable bonds is 11. The molecule has 0 saturated heterocycles. The van der Waals surface area contributed by atoms with Crippen LogP contribution in [-0.4, -0.2) is 43.8 Å². The molecule has 0 fully saturated rings. The summed E-state index contributed by atoms with van der Waals surface area (Å²) in [6, 6.07) is 19.3. The lowest BCUT2D eigenvalue weighted by Crippen LogP contribution is -2.52. The van der Waals surface area contributed by atoms with Crippen LogP contribution in [0.4, 0.5) is 5.69 Å². The summed E-state index contributed by atoms with van der Waals surface area (Å²) in [6.45, 7) is 6.85. The molecule has 0 aliphatic rings. The first-order chi connectivity index (χ1) is 18.4. The smallest absolute Gasteiger partial charge is 0.264 e. The van der Waals surface area contributed by atoms with Crippen LogP contribution in [0.15, 0.2) is 82.2 Å². The molecule has 0 unspecified atom stereocenters. The molecule has 0 bridgehead atoms. The van der Waals surface area contributed by atoms with Crippen LogP contribution in [0.1, 0.15) is 38.3 Å². The maximum absolute atomic E-state index is 14.0. The number of hydrogen-bond donors (Lipinski definition) is 1. The molecule has 0 spiro atoms. The Morgan fingerprint density at radius 1 is 1.00 bits per heavy atom. The van der Waals surface area contributed by atoms with Gasteiger partial charge in [-0.3, -0.25) is 13.9 Å². The second-order valence-electron chi connectivity index (χ2n) is 9.40. The van der Waals surface area contributed by atoms with Crippen LogP contribution in [0, 0.1) is 6.92 Å². The fourth-order valence-electron chi connectivity index (χ4n) is 4.01. The minimum absolute atomic E-state index is 0.0493. The first-order valence-electron chi connectivity index (χ1n) is 12.6. The van der Waals surface area contributed by atoms with Crippen molar-refractivity contribution in [1.29, 1.82) is 0 Å². The summed E-state index contributed by atoms with van der Waals surface area (Å²) in [4.78, 5) is 28.6. The van der Waals surface area contributed by atoms with Crippen molar-refractivity contribution >= 4 is 55.1 Å². The Balaban J connectivity index is 2.05. The fourth-order valence-corrected chi connectivity index (χ4v) is 6.18. The van der Waals surface area contributed by atoms with Gasteiger partial charge in [0, 0.05) is 22.1 Å². The Bertz CT molecular complexity index is 1420. The molecule has 0 radical (unpaired) electrons. The largest absolute Gasteiger partial charge is 0.352 e. The van der Waals surface area contributed by atoms with Gasteiger partial charge in [0.25, 0.3) is 10.0 Å². The Morgan fingerprint density at radius 2 is 1.69 bits per heavy atom. The van der Waals surface area contributed by atoms with Crippen molar-refractivity contribution in [2.75, 3.05) is 10.8 Å². The number of anilines is 1. The van der Waals surface area contributed by atoms with Gasteiger partial charge >= 0.3 is 0 Å². The van der Waals surface area contributed by atoms with E-state index in [1.807, 2.05) is 38.1 Å². The van der Waals surface area contributed by atoms with Gasteiger partial charge in [0.15, 0.2) is 0 Å². The summed E-state index contributed by atoms with van der Waals surface area (Å²) in [5.41, 5.74) is 1.72. The zero-order valence-electron chi connectivity index (χ0n) is 22.4. The van der Waals surface area contributed by atoms with E-state index in [1.54, 1.807) is 50.2 Å². The van der Waals surface area contributed by atoms with Crippen LogP contribution in [-0.2, 0) is 26.2 Å². The topological polar surface area (TPSA) is 86.8 Å². The first kappa shape index (κ1) is 30.7. The molecule has 0 aliphatic carbocycles. The Kier molecular flexibility index (Phi) is 10.6. The number of sulfonamides is 1. The molecule has 0 saturated carbocycles. The molecule has 208 valence electrons. The number of amides is 2. The van der Waals surface area contributed by atoms with Crippen molar-refractivity contribution in [2.45, 2.75) is 57.6 Å². The van der Waals surface area contributed by atoms with Crippen molar-refractivity contribution in [3.05, 3.63) is 93.4 Å². The molecular weight excluding hydrogens is 602 g/mol. The molecule has 3 aromatic rings. The Morgan fingerprint density at radius 3 is 2.31 bits per heavy atom. The number of nitrogens with zero attached hydrogens (tertiary/aromatic N) is 2. The standard InChI is InChI=1S/C29H33BrClN3O4S/c1-5-21(3)32-29(36)22(4)33(18-23-10-9-11-24(30)17-23)28(35)19-34(27-15-14-25(31)16-20(27)2)39(37,38)26-12-7-6-8-13-26/h6-17,21-22H,5,18-19H2,1-4H3,(H,32,36)/t21-,22-/m1/s1. The van der Waals surface area contributed by atoms with E-state index in [1.165, 1.54) is 17.0 Å². The van der Waals surface area contributed by atoms with E-state index in [9.17, 15) is 18.0 Å². The first-order valence-corrected chi connectivity index (χ1v) is 15.2. The van der Waals surface area contributed by atoms with Gasteiger partial charge in [0.2, 0.25) is 11.8 Å². The van der Waals surface area contributed by atoms with Gasteiger partial charge in [-0.25, -0.2) is 8.42 Å². The zero-order chi connectivity index (χ0) is 28.7. The van der Waals surface area contributed by atoms with Crippen LogP contribution in [0.25, 0.3) is 0 Å². The highest BCUT2D eigenvalue weighted by Gasteiger charge is 2.33. The molecule has 0 heterocycles. The second kappa shape index (κ2) is 13.5. The van der Waals surface area contributed by atoms with E-state index in [0.717, 1.165) is 20.8 Å². The van der Waals surface area contributed by atoms with E-state index >= 15 is 0 Å². The van der Waals surface area contributed by atoms with Gasteiger partial charge in [0.1, 0.15) is 12.6 Å². The van der Waals surface area contributed by atoms with Gasteiger partial charge in [-0.05, 0) is 80.8 Å². The van der Waals surface area contributed by atoms with Crippen LogP contribution in [0.2, 0.25) is 5.02 Å². The lowest BCUT2D eigenvalue weighted by molar-refractivity contribution is -0.139. The SMILES string of the molecule is CC[C@@H](C)NC(=O)[C@@H](C)N(Cc1cccc(Br)c1)C(=O)CN(c1ccc(Cl)cc1C)S(=O)(=O)c1ccccc1. The quantitative estimate of drug-likeness (QED) is 0.283. The number of carbonyl (C=O) groups excluding carboxylic acids is 2. The third kappa shape index (κ3) is 7.84. The number of benzene rings is 3. The maximum atomic E-state index is 14.0. The summed E-state index contributed by atoms with van der Waals surface area (Å²) < 4.78 is 29.6. The van der Waals surface area contributed by atoms with Gasteiger partial charge in [-0.1, -0.05) is 64.8 Å². The average molecular weight is 635 g/mol. The van der Waals surface area contributed by atoms with Crippen LogP contribution >= 0.6 is 27.5 Å². The lowest BCUT2D eigenvalue weighted by atomic mass is 10.1. The minimum atomic E-state index is -4.13. The molecule has 0 aliphatic heterocycles. The van der Waals surface area contributed by atoms with Crippen molar-refractivity contribution in [3.63, 3.8) is 0 Å². The molecule has 2 amide bonds. The molecule has 39 heavy (non-hydrogen) atoms. The van der Waals surface area contributed by atoms with Gasteiger partial charge < -0.3 is 10.2 Å². The molecule has 0 aromatic heterocycles. The fraction of sp³-hybridized carbons (Fsp3) is 0.310. The number of carbonyl (C=O) groups is 2. The van der Waals surface area contributed by atoms with E-state index in [4.69, 9.17) is 11.6 Å². The van der Waals surface area contributed by atoms with Crippen molar-refractivity contribution < 1.29 is 18.0 Å². The molecule has 2 atom stereocenters. The van der Waals surface area contributed by atoms with Crippen LogP contribution in [0.3, 0.4) is 0 Å². The predicted molar refractivity (Wildman–Crippen MR) is 159 cm³/mol. The normalized spacial score (nSPS) is 12.9. The second-order valence-corrected chi connectivity index (χ2v) is 12.6. The molecule has 1 N–H and O–H groups in total. The zero-order valence-corrected chi connectivity index (χ0v) is 25.6. The summed E-state index contributed by atoms with van der Waals surface area (Å²) in [6.07, 6.45) is 0.733. The third-order valence-corrected chi connectivity index (χ3v) is 8.95. The summed E-state index contributed by atoms with van der Waals surface area (Å²) in [5, 5.41) is 3.38. The third-order valence-electron chi connectivity index (χ3n) is 6.45. The van der Waals surface area contributed by atoms with Gasteiger partial charge in [-0.15, -0.1) is 0 Å². The van der Waals surface area contributed by atoms with Crippen molar-refractivity contribution in [2.24, 2.45) is 0 Å². The highest BCUT2D eigenvalue weighted by atomic mass is 79.9. The van der Waals surface area contributed by atoms with Crippen LogP contribution in [0.5, 0.6) is 0 Å². The highest BCUT2D eigenvalue weighted by Crippen LogP contribution is 2.29. The van der Waals surface area contributed by atoms with Crippen LogP contribution < -0.4 is 9.62 Å². The predicted octanol–water partition coefficient (Wildman–Crippen LogP) is 5.94. The lowest BCUT2D eigenvalue weighted by Gasteiger charge is -2.33. The number of hydrogen-bond acceptors (Lipinski definition) is 4. The monoisotopic (exact) mass is 633 g/mol. The highest BCUT2D eigenvalue weighted by molar-refractivity contribution is 9.10. The molecular formula is C29H33BrClN3O4S. The Labute approximate surface area is 244 Å². The Hall–Kier alpha value is -2.88. The number of aryl methyl sites for hydroxylation is 1. The summed E-state index contributed by atoms with van der Waals surface area (Å²) in [7, 11) is -4.13. The van der Waals surface area contributed by atoms with E-state index < -0.39 is 28.5 Å². The minimum Gasteiger partial charge on any atom is -0.352 e. The molecule has 7 nitrogen and oxygen atoms in total.